The summed E-state index contributed by atoms with van der Waals surface area (Å²) in [4.78, 5) is 69.0. The number of nitrogens with zero attached hydrogens (tertiary/aromatic N) is 5. The molecule has 3 fully saturated rings. The number of aliphatic hydroxyl groups excluding tert-OH is 2. The van der Waals surface area contributed by atoms with Crippen molar-refractivity contribution in [1.29, 1.82) is 0 Å². The zero-order valence-corrected chi connectivity index (χ0v) is 36.3. The minimum Gasteiger partial charge on any atom is -0.458 e. The van der Waals surface area contributed by atoms with Gasteiger partial charge in [-0.2, -0.15) is 0 Å². The number of aliphatic hydroxyl groups is 2. The van der Waals surface area contributed by atoms with Gasteiger partial charge >= 0.3 is 12.1 Å². The summed E-state index contributed by atoms with van der Waals surface area (Å²) in [7, 11) is 5.13. The molecular weight excluding hydrogens is 762 g/mol. The van der Waals surface area contributed by atoms with Crippen molar-refractivity contribution in [3.63, 3.8) is 0 Å². The van der Waals surface area contributed by atoms with Gasteiger partial charge in [0.2, 0.25) is 0 Å². The number of pyridine rings is 1. The summed E-state index contributed by atoms with van der Waals surface area (Å²) in [6, 6.07) is 2.57. The summed E-state index contributed by atoms with van der Waals surface area (Å²) in [5, 5.41) is 22.4. The number of aryl methyl sites for hydroxylation is 1. The van der Waals surface area contributed by atoms with Crippen molar-refractivity contribution < 1.29 is 53.1 Å². The number of hydrogen-bond donors (Lipinski definition) is 2. The SMILES string of the molecule is CC[C@H]1OC(=O)[C@H](C)C(=O)[C@H](C)[C@@H](O[C@@H]2O[C@H](C)C[C@H](N(C)C)[C@H]2O)[C@](C)(OC)C[C@@H](CO)C(=O)[C@H](C)[C@H]2N(CCCCn3cnc(-c4cccnc4)c3)C(=O)O[C@]12C. The lowest BCUT2D eigenvalue weighted by Gasteiger charge is -2.47. The van der Waals surface area contributed by atoms with E-state index in [1.165, 1.54) is 18.9 Å². The number of aromatic nitrogens is 3. The molecule has 5 rings (SSSR count). The Bertz CT molecular complexity index is 1760. The molecule has 13 atom stereocenters. The van der Waals surface area contributed by atoms with Gasteiger partial charge in [0.05, 0.1) is 42.5 Å². The van der Waals surface area contributed by atoms with Crippen LogP contribution in [0, 0.1) is 23.7 Å². The molecule has 2 N–H and O–H groups in total. The fourth-order valence-corrected chi connectivity index (χ4v) is 9.39. The molecular formula is C43H65N5O11. The van der Waals surface area contributed by atoms with Crippen molar-refractivity contribution in [1.82, 2.24) is 24.3 Å². The van der Waals surface area contributed by atoms with E-state index < -0.39 is 90.0 Å². The maximum absolute atomic E-state index is 14.8. The van der Waals surface area contributed by atoms with Gasteiger partial charge in [0.15, 0.2) is 17.7 Å². The quantitative estimate of drug-likeness (QED) is 0.178. The Labute approximate surface area is 347 Å². The average Bonchev–Trinajstić information content (AvgIpc) is 3.80. The zero-order chi connectivity index (χ0) is 43.4. The second kappa shape index (κ2) is 19.3. The number of hydrogen-bond acceptors (Lipinski definition) is 14. The number of rotatable bonds is 12. The zero-order valence-electron chi connectivity index (χ0n) is 36.3. The van der Waals surface area contributed by atoms with E-state index in [4.69, 9.17) is 23.7 Å². The van der Waals surface area contributed by atoms with Crippen LogP contribution in [0.3, 0.4) is 0 Å². The molecule has 1 amide bonds. The molecule has 0 spiro atoms. The van der Waals surface area contributed by atoms with Gasteiger partial charge < -0.3 is 48.3 Å². The van der Waals surface area contributed by atoms with Gasteiger partial charge in [-0.3, -0.25) is 19.4 Å². The fraction of sp³-hybridized carbons (Fsp3) is 0.721. The monoisotopic (exact) mass is 827 g/mol. The van der Waals surface area contributed by atoms with Crippen LogP contribution >= 0.6 is 0 Å². The van der Waals surface area contributed by atoms with E-state index in [0.717, 1.165) is 11.3 Å². The molecule has 328 valence electrons. The highest BCUT2D eigenvalue weighted by Gasteiger charge is 2.60. The van der Waals surface area contributed by atoms with Crippen molar-refractivity contribution in [2.24, 2.45) is 23.7 Å². The summed E-state index contributed by atoms with van der Waals surface area (Å²) >= 11 is 0. The molecule has 16 heteroatoms. The lowest BCUT2D eigenvalue weighted by molar-refractivity contribution is -0.295. The number of amides is 1. The Morgan fingerprint density at radius 2 is 1.75 bits per heavy atom. The predicted molar refractivity (Wildman–Crippen MR) is 216 cm³/mol. The Morgan fingerprint density at radius 3 is 2.37 bits per heavy atom. The first-order valence-corrected chi connectivity index (χ1v) is 20.9. The van der Waals surface area contributed by atoms with Gasteiger partial charge in [0.25, 0.3) is 0 Å². The molecule has 0 saturated carbocycles. The number of imidazole rings is 1. The van der Waals surface area contributed by atoms with E-state index in [0.29, 0.717) is 25.8 Å². The molecule has 0 bridgehead atoms. The molecule has 59 heavy (non-hydrogen) atoms. The molecule has 3 aliphatic rings. The van der Waals surface area contributed by atoms with Gasteiger partial charge in [-0.25, -0.2) is 9.78 Å². The third-order valence-electron chi connectivity index (χ3n) is 12.9. The van der Waals surface area contributed by atoms with Crippen LogP contribution < -0.4 is 0 Å². The maximum Gasteiger partial charge on any atom is 0.410 e. The molecule has 2 aromatic heterocycles. The number of carbonyl (C=O) groups is 4. The van der Waals surface area contributed by atoms with E-state index in [1.54, 1.807) is 53.3 Å². The second-order valence-electron chi connectivity index (χ2n) is 17.3. The second-order valence-corrected chi connectivity index (χ2v) is 17.3. The highest BCUT2D eigenvalue weighted by molar-refractivity contribution is 6.00. The minimum atomic E-state index is -1.48. The Morgan fingerprint density at radius 1 is 1.03 bits per heavy atom. The Balaban J connectivity index is 1.46. The highest BCUT2D eigenvalue weighted by atomic mass is 16.7. The van der Waals surface area contributed by atoms with E-state index in [-0.39, 0.29) is 37.3 Å². The van der Waals surface area contributed by atoms with E-state index in [1.807, 2.05) is 48.8 Å². The van der Waals surface area contributed by atoms with Crippen LogP contribution in [0.4, 0.5) is 4.79 Å². The number of ketones is 2. The number of unbranched alkanes of at least 4 members (excludes halogenated alkanes) is 1. The van der Waals surface area contributed by atoms with E-state index >= 15 is 0 Å². The number of Topliss-reactive ketones (excluding diaryl/α,β-unsaturated/α-hetero) is 2. The molecule has 0 radical (unpaired) electrons. The summed E-state index contributed by atoms with van der Waals surface area (Å²) in [5.74, 6) is -5.94. The van der Waals surface area contributed by atoms with Crippen molar-refractivity contribution in [2.75, 3.05) is 34.4 Å². The Kier molecular flexibility index (Phi) is 15.1. The number of likely N-dealkylation sites (N-methyl/N-ethyl adjacent to an activating group) is 1. The van der Waals surface area contributed by atoms with Crippen LogP contribution in [-0.2, 0) is 44.6 Å². The van der Waals surface area contributed by atoms with Crippen molar-refractivity contribution in [3.05, 3.63) is 37.1 Å². The lowest BCUT2D eigenvalue weighted by atomic mass is 9.73. The van der Waals surface area contributed by atoms with Gasteiger partial charge in [-0.05, 0) is 86.0 Å². The first kappa shape index (κ1) is 46.3. The topological polar surface area (TPSA) is 192 Å². The molecule has 0 aliphatic carbocycles. The first-order chi connectivity index (χ1) is 27.9. The van der Waals surface area contributed by atoms with Crippen LogP contribution in [-0.4, -0.2) is 147 Å². The van der Waals surface area contributed by atoms with Crippen LogP contribution in [0.25, 0.3) is 11.3 Å². The van der Waals surface area contributed by atoms with Gasteiger partial charge in [0.1, 0.15) is 23.9 Å². The number of ether oxygens (including phenoxy) is 5. The van der Waals surface area contributed by atoms with Gasteiger partial charge in [0, 0.05) is 68.1 Å². The number of methoxy groups -OCH3 is 1. The summed E-state index contributed by atoms with van der Waals surface area (Å²) in [5.41, 5.74) is -1.22. The highest BCUT2D eigenvalue weighted by Crippen LogP contribution is 2.43. The minimum absolute atomic E-state index is 0.0961. The average molecular weight is 828 g/mol. The molecule has 0 aromatic carbocycles. The number of esters is 1. The van der Waals surface area contributed by atoms with Crippen LogP contribution in [0.5, 0.6) is 0 Å². The van der Waals surface area contributed by atoms with Gasteiger partial charge in [-0.15, -0.1) is 0 Å². The van der Waals surface area contributed by atoms with Crippen LogP contribution in [0.2, 0.25) is 0 Å². The smallest absolute Gasteiger partial charge is 0.410 e. The van der Waals surface area contributed by atoms with Crippen molar-refractivity contribution in [3.8, 4) is 11.3 Å². The molecule has 16 nitrogen and oxygen atoms in total. The summed E-state index contributed by atoms with van der Waals surface area (Å²) in [6.45, 7) is 12.1. The summed E-state index contributed by atoms with van der Waals surface area (Å²) < 4.78 is 33.0. The standard InChI is InChI=1S/C43H65N5O11/c1-11-33-43(7)37(48(41(54)59-43)18-13-12-17-47-22-31(45-24-47)29-15-14-16-44-21-29)26(3)35(51)30(23-49)20-42(6,55-10)38(27(4)34(50)28(5)39(53)57-33)58-40-36(52)32(46(8)9)19-25(2)56-40/h14-16,21-22,24-28,30,32-33,36-38,40,49,52H,11-13,17-20,23H2,1-10H3/t25-,26+,27+,28-,30+,32+,33-,36-,37-,38-,40+,42-,43-/m1/s1. The number of cyclic esters (lactones) is 1. The molecule has 2 aromatic rings. The summed E-state index contributed by atoms with van der Waals surface area (Å²) in [6.07, 6.45) is 3.61. The lowest BCUT2D eigenvalue weighted by Crippen LogP contribution is -2.60. The normalized spacial score (nSPS) is 36.3. The molecule has 3 aliphatic heterocycles. The van der Waals surface area contributed by atoms with Crippen molar-refractivity contribution >= 4 is 23.6 Å². The number of fused-ring (bicyclic) bond motifs is 1. The third-order valence-corrected chi connectivity index (χ3v) is 12.9. The van der Waals surface area contributed by atoms with Gasteiger partial charge in [-0.1, -0.05) is 20.8 Å². The third kappa shape index (κ3) is 9.73. The maximum atomic E-state index is 14.8. The number of carbonyl (C=O) groups excluding carboxylic acids is 4. The largest absolute Gasteiger partial charge is 0.458 e. The van der Waals surface area contributed by atoms with Crippen LogP contribution in [0.15, 0.2) is 37.1 Å². The van der Waals surface area contributed by atoms with E-state index in [9.17, 15) is 29.4 Å². The van der Waals surface area contributed by atoms with Crippen molar-refractivity contribution in [2.45, 2.75) is 141 Å². The predicted octanol–water partition coefficient (Wildman–Crippen LogP) is 3.90. The molecule has 5 heterocycles. The van der Waals surface area contributed by atoms with Crippen LogP contribution in [0.1, 0.15) is 80.6 Å². The molecule has 3 saturated heterocycles. The molecule has 0 unspecified atom stereocenters. The fourth-order valence-electron chi connectivity index (χ4n) is 9.39. The first-order valence-electron chi connectivity index (χ1n) is 20.9. The van der Waals surface area contributed by atoms with E-state index in [2.05, 4.69) is 9.97 Å². The Hall–Kier alpha value is -3.80.